The second-order valence-corrected chi connectivity index (χ2v) is 8.14. The first-order valence-electron chi connectivity index (χ1n) is 11.3. The molecule has 0 aliphatic heterocycles. The number of benzene rings is 3. The fourth-order valence-corrected chi connectivity index (χ4v) is 3.89. The Hall–Kier alpha value is -3.74. The van der Waals surface area contributed by atoms with Crippen molar-refractivity contribution in [1.29, 1.82) is 0 Å². The largest absolute Gasteiger partial charge is 0.432 e. The summed E-state index contributed by atoms with van der Waals surface area (Å²) in [5.74, 6) is -1.15. The van der Waals surface area contributed by atoms with Gasteiger partial charge in [0.05, 0.1) is 0 Å². The molecule has 0 unspecified atom stereocenters. The normalized spacial score (nSPS) is 11.6. The highest BCUT2D eigenvalue weighted by Gasteiger charge is 2.13. The molecule has 0 bridgehead atoms. The third kappa shape index (κ3) is 6.04. The van der Waals surface area contributed by atoms with Gasteiger partial charge in [-0.1, -0.05) is 42.5 Å². The molecule has 0 saturated carbocycles. The molecule has 3 nitrogen and oxygen atoms in total. The maximum Gasteiger partial charge on any atom is 0.387 e. The van der Waals surface area contributed by atoms with Gasteiger partial charge in [-0.3, -0.25) is 0 Å². The zero-order valence-corrected chi connectivity index (χ0v) is 19.1. The Kier molecular flexibility index (Phi) is 7.75. The van der Waals surface area contributed by atoms with Gasteiger partial charge in [0, 0.05) is 23.3 Å². The zero-order chi connectivity index (χ0) is 24.8. The minimum Gasteiger partial charge on any atom is -0.432 e. The molecule has 0 N–H and O–H groups in total. The molecule has 0 radical (unpaired) electrons. The van der Waals surface area contributed by atoms with Gasteiger partial charge in [0.2, 0.25) is 0 Å². The van der Waals surface area contributed by atoms with Gasteiger partial charge < -0.3 is 4.74 Å². The van der Waals surface area contributed by atoms with E-state index in [1.54, 1.807) is 18.2 Å². The average Bonchev–Trinajstić information content (AvgIpc) is 2.85. The van der Waals surface area contributed by atoms with E-state index < -0.39 is 18.2 Å². The summed E-state index contributed by atoms with van der Waals surface area (Å²) >= 11 is 0. The number of allylic oxidation sites excluding steroid dienone is 2. The van der Waals surface area contributed by atoms with E-state index >= 15 is 4.39 Å². The quantitative estimate of drug-likeness (QED) is 0.184. The van der Waals surface area contributed by atoms with Gasteiger partial charge in [0.1, 0.15) is 5.82 Å². The van der Waals surface area contributed by atoms with E-state index in [0.29, 0.717) is 35.2 Å². The Morgan fingerprint density at radius 1 is 0.886 bits per heavy atom. The van der Waals surface area contributed by atoms with Gasteiger partial charge >= 0.3 is 6.61 Å². The van der Waals surface area contributed by atoms with Gasteiger partial charge in [-0.2, -0.15) is 8.78 Å². The zero-order valence-electron chi connectivity index (χ0n) is 19.1. The lowest BCUT2D eigenvalue weighted by Gasteiger charge is -2.10. The molecule has 3 aromatic carbocycles. The second-order valence-electron chi connectivity index (χ2n) is 8.14. The molecular formula is C28H24F4N2O. The van der Waals surface area contributed by atoms with Crippen LogP contribution in [0.3, 0.4) is 0 Å². The molecule has 0 atom stereocenters. The Bertz CT molecular complexity index is 1340. The van der Waals surface area contributed by atoms with Crippen LogP contribution in [0, 0.1) is 11.6 Å². The third-order valence-electron chi connectivity index (χ3n) is 5.73. The summed E-state index contributed by atoms with van der Waals surface area (Å²) in [6.45, 7) is -1.11. The predicted molar refractivity (Wildman–Crippen MR) is 129 cm³/mol. The first-order valence-corrected chi connectivity index (χ1v) is 11.3. The van der Waals surface area contributed by atoms with E-state index in [9.17, 15) is 13.2 Å². The monoisotopic (exact) mass is 480 g/mol. The minimum absolute atomic E-state index is 0.329. The van der Waals surface area contributed by atoms with Crippen molar-refractivity contribution in [3.8, 4) is 17.1 Å². The number of fused-ring (bicyclic) bond motifs is 1. The summed E-state index contributed by atoms with van der Waals surface area (Å²) in [7, 11) is 0. The lowest BCUT2D eigenvalue weighted by Crippen LogP contribution is -2.04. The van der Waals surface area contributed by atoms with Gasteiger partial charge in [-0.15, -0.1) is 0 Å². The molecule has 0 fully saturated rings. The highest BCUT2D eigenvalue weighted by Crippen LogP contribution is 2.27. The van der Waals surface area contributed by atoms with Crippen molar-refractivity contribution in [2.45, 2.75) is 39.2 Å². The summed E-state index contributed by atoms with van der Waals surface area (Å²) < 4.78 is 57.8. The molecule has 1 heterocycles. The van der Waals surface area contributed by atoms with E-state index in [1.807, 2.05) is 37.5 Å². The number of alkyl halides is 2. The molecule has 4 aromatic rings. The molecule has 0 aliphatic rings. The second kappa shape index (κ2) is 11.1. The number of aromatic nitrogens is 2. The van der Waals surface area contributed by atoms with Crippen LogP contribution < -0.4 is 4.74 Å². The van der Waals surface area contributed by atoms with Crippen LogP contribution in [0.15, 0.2) is 73.1 Å². The Labute approximate surface area is 201 Å². The third-order valence-corrected chi connectivity index (χ3v) is 5.73. The van der Waals surface area contributed by atoms with Gasteiger partial charge in [-0.25, -0.2) is 18.7 Å². The molecule has 1 aromatic heterocycles. The van der Waals surface area contributed by atoms with Crippen molar-refractivity contribution < 1.29 is 22.3 Å². The minimum atomic E-state index is -3.10. The number of hydrogen-bond acceptors (Lipinski definition) is 3. The van der Waals surface area contributed by atoms with Crippen molar-refractivity contribution in [3.63, 3.8) is 0 Å². The Balaban J connectivity index is 1.48. The van der Waals surface area contributed by atoms with Crippen molar-refractivity contribution in [3.05, 3.63) is 101 Å². The summed E-state index contributed by atoms with van der Waals surface area (Å²) in [5, 5.41) is 1.20. The molecule has 7 heteroatoms. The van der Waals surface area contributed by atoms with E-state index in [0.717, 1.165) is 41.5 Å². The lowest BCUT2D eigenvalue weighted by atomic mass is 9.99. The van der Waals surface area contributed by atoms with Crippen molar-refractivity contribution in [2.24, 2.45) is 0 Å². The standard InChI is InChI=1S/C28H24F4N2O/c1-2-3-4-5-19-16-33-27(34-17-19)22-11-12-23-21(15-22)10-9-20(26(23)30)8-6-18-7-13-25(24(29)14-18)35-28(31)32/h2-3,7,9-17,28H,4-6,8H2,1H3/b3-2+. The van der Waals surface area contributed by atoms with Crippen molar-refractivity contribution in [1.82, 2.24) is 9.97 Å². The van der Waals surface area contributed by atoms with Crippen LogP contribution in [-0.2, 0) is 19.3 Å². The molecule has 0 aliphatic carbocycles. The van der Waals surface area contributed by atoms with Crippen LogP contribution in [0.2, 0.25) is 0 Å². The summed E-state index contributed by atoms with van der Waals surface area (Å²) in [4.78, 5) is 8.91. The fraction of sp³-hybridized carbons (Fsp3) is 0.214. The molecule has 0 amide bonds. The Morgan fingerprint density at radius 2 is 1.69 bits per heavy atom. The van der Waals surface area contributed by atoms with Gasteiger partial charge in [0.25, 0.3) is 0 Å². The maximum absolute atomic E-state index is 15.2. The maximum atomic E-state index is 15.2. The fourth-order valence-electron chi connectivity index (χ4n) is 3.89. The molecule has 4 rings (SSSR count). The Morgan fingerprint density at radius 3 is 2.40 bits per heavy atom. The lowest BCUT2D eigenvalue weighted by molar-refractivity contribution is -0.0522. The van der Waals surface area contributed by atoms with Crippen LogP contribution in [0.1, 0.15) is 30.0 Å². The van der Waals surface area contributed by atoms with E-state index in [4.69, 9.17) is 0 Å². The smallest absolute Gasteiger partial charge is 0.387 e. The number of hydrogen-bond donors (Lipinski definition) is 0. The molecule has 35 heavy (non-hydrogen) atoms. The number of aryl methyl sites for hydroxylation is 3. The topological polar surface area (TPSA) is 35.0 Å². The molecule has 0 saturated heterocycles. The molecule has 0 spiro atoms. The van der Waals surface area contributed by atoms with E-state index in [-0.39, 0.29) is 5.82 Å². The van der Waals surface area contributed by atoms with E-state index in [2.05, 4.69) is 20.8 Å². The first kappa shape index (κ1) is 24.4. The van der Waals surface area contributed by atoms with Crippen LogP contribution in [0.4, 0.5) is 17.6 Å². The highest BCUT2D eigenvalue weighted by molar-refractivity contribution is 5.87. The number of halogens is 4. The summed E-state index contributed by atoms with van der Waals surface area (Å²) in [6.07, 6.45) is 10.2. The number of ether oxygens (including phenoxy) is 1. The van der Waals surface area contributed by atoms with Gasteiger partial charge in [-0.05, 0) is 72.9 Å². The van der Waals surface area contributed by atoms with Crippen LogP contribution >= 0.6 is 0 Å². The van der Waals surface area contributed by atoms with Crippen molar-refractivity contribution >= 4 is 10.8 Å². The number of nitrogens with zero attached hydrogens (tertiary/aromatic N) is 2. The molecular weight excluding hydrogens is 456 g/mol. The summed E-state index contributed by atoms with van der Waals surface area (Å²) in [5.41, 5.74) is 2.90. The van der Waals surface area contributed by atoms with E-state index in [1.165, 1.54) is 6.07 Å². The molecule has 180 valence electrons. The number of rotatable bonds is 9. The summed E-state index contributed by atoms with van der Waals surface area (Å²) in [6, 6.07) is 12.7. The SMILES string of the molecule is C/C=C/CCc1cnc(-c2ccc3c(F)c(CCc4ccc(OC(F)F)c(F)c4)ccc3c2)nc1. The van der Waals surface area contributed by atoms with Crippen LogP contribution in [0.5, 0.6) is 5.75 Å². The first-order chi connectivity index (χ1) is 16.9. The highest BCUT2D eigenvalue weighted by atomic mass is 19.3. The average molecular weight is 481 g/mol. The van der Waals surface area contributed by atoms with Crippen LogP contribution in [-0.4, -0.2) is 16.6 Å². The van der Waals surface area contributed by atoms with Gasteiger partial charge in [0.15, 0.2) is 17.4 Å². The van der Waals surface area contributed by atoms with Crippen molar-refractivity contribution in [2.75, 3.05) is 0 Å². The predicted octanol–water partition coefficient (Wildman–Crippen LogP) is 7.47. The van der Waals surface area contributed by atoms with Crippen LogP contribution in [0.25, 0.3) is 22.2 Å².